The number of ether oxygens (including phenoxy) is 2. The Labute approximate surface area is 159 Å². The minimum absolute atomic E-state index is 0.0435. The third kappa shape index (κ3) is 4.67. The maximum absolute atomic E-state index is 12.3. The third-order valence-electron chi connectivity index (χ3n) is 4.64. The van der Waals surface area contributed by atoms with Crippen molar-refractivity contribution in [3.8, 4) is 11.5 Å². The van der Waals surface area contributed by atoms with Crippen molar-refractivity contribution in [2.24, 2.45) is 5.92 Å². The molecule has 1 atom stereocenters. The van der Waals surface area contributed by atoms with Crippen LogP contribution in [-0.4, -0.2) is 28.0 Å². The number of carbonyl (C=O) groups is 1. The van der Waals surface area contributed by atoms with E-state index < -0.39 is 21.9 Å². The van der Waals surface area contributed by atoms with Crippen molar-refractivity contribution in [2.75, 3.05) is 13.7 Å². The molecule has 0 saturated carbocycles. The molecule has 0 saturated heterocycles. The molecule has 1 aliphatic rings. The number of hydrogen-bond acceptors (Lipinski definition) is 5. The molecule has 1 N–H and O–H groups in total. The Hall–Kier alpha value is -2.38. The van der Waals surface area contributed by atoms with Gasteiger partial charge in [-0.2, -0.15) is 0 Å². The standard InChI is InChI=1S/C20H23NO5S/c1-14(13-21-27(23,24)19-10-8-17(25-2)9-11-19)20(22)26-18-7-6-15-4-3-5-16(15)12-18/h6-12,14,21H,3-5,13H2,1-2H3. The molecule has 0 spiro atoms. The maximum Gasteiger partial charge on any atom is 0.315 e. The smallest absolute Gasteiger partial charge is 0.315 e. The highest BCUT2D eigenvalue weighted by molar-refractivity contribution is 7.89. The molecule has 1 aliphatic carbocycles. The molecule has 7 heteroatoms. The number of sulfonamides is 1. The van der Waals surface area contributed by atoms with Crippen LogP contribution in [0.25, 0.3) is 0 Å². The second kappa shape index (κ2) is 8.10. The molecule has 2 aromatic carbocycles. The first-order chi connectivity index (χ1) is 12.9. The Bertz CT molecular complexity index is 922. The summed E-state index contributed by atoms with van der Waals surface area (Å²) in [6.07, 6.45) is 3.18. The van der Waals surface area contributed by atoms with E-state index in [-0.39, 0.29) is 11.4 Å². The molecule has 0 aliphatic heterocycles. The van der Waals surface area contributed by atoms with E-state index in [2.05, 4.69) is 4.72 Å². The number of esters is 1. The molecule has 1 unspecified atom stereocenters. The monoisotopic (exact) mass is 389 g/mol. The molecule has 0 aromatic heterocycles. The molecule has 0 amide bonds. The summed E-state index contributed by atoms with van der Waals surface area (Å²) in [4.78, 5) is 12.4. The Morgan fingerprint density at radius 1 is 1.07 bits per heavy atom. The molecule has 144 valence electrons. The van der Waals surface area contributed by atoms with Gasteiger partial charge >= 0.3 is 5.97 Å². The fourth-order valence-electron chi connectivity index (χ4n) is 2.98. The Kier molecular flexibility index (Phi) is 5.82. The number of fused-ring (bicyclic) bond motifs is 1. The van der Waals surface area contributed by atoms with Crippen LogP contribution in [0.15, 0.2) is 47.4 Å². The van der Waals surface area contributed by atoms with Gasteiger partial charge in [0.05, 0.1) is 17.9 Å². The van der Waals surface area contributed by atoms with Crippen molar-refractivity contribution in [1.29, 1.82) is 0 Å². The van der Waals surface area contributed by atoms with Crippen LogP contribution in [0.4, 0.5) is 0 Å². The predicted octanol–water partition coefficient (Wildman–Crippen LogP) is 2.70. The van der Waals surface area contributed by atoms with Crippen LogP contribution in [0.1, 0.15) is 24.5 Å². The van der Waals surface area contributed by atoms with E-state index in [0.717, 1.165) is 19.3 Å². The molecule has 0 fully saturated rings. The van der Waals surface area contributed by atoms with E-state index in [1.165, 1.54) is 30.4 Å². The number of aryl methyl sites for hydroxylation is 2. The van der Waals surface area contributed by atoms with E-state index in [0.29, 0.717) is 11.5 Å². The molecule has 6 nitrogen and oxygen atoms in total. The summed E-state index contributed by atoms with van der Waals surface area (Å²) >= 11 is 0. The van der Waals surface area contributed by atoms with Crippen LogP contribution in [0.5, 0.6) is 11.5 Å². The minimum Gasteiger partial charge on any atom is -0.497 e. The van der Waals surface area contributed by atoms with Gasteiger partial charge in [0.2, 0.25) is 10.0 Å². The lowest BCUT2D eigenvalue weighted by Gasteiger charge is -2.13. The number of nitrogens with one attached hydrogen (secondary N) is 1. The first-order valence-corrected chi connectivity index (χ1v) is 10.3. The van der Waals surface area contributed by atoms with E-state index >= 15 is 0 Å². The van der Waals surface area contributed by atoms with Crippen molar-refractivity contribution in [3.63, 3.8) is 0 Å². The van der Waals surface area contributed by atoms with E-state index in [1.807, 2.05) is 12.1 Å². The average molecular weight is 389 g/mol. The molecule has 0 bridgehead atoms. The van der Waals surface area contributed by atoms with Gasteiger partial charge in [-0.3, -0.25) is 4.79 Å². The second-order valence-electron chi connectivity index (χ2n) is 6.63. The van der Waals surface area contributed by atoms with Gasteiger partial charge in [0.15, 0.2) is 0 Å². The summed E-state index contributed by atoms with van der Waals surface area (Å²) < 4.78 is 37.6. The largest absolute Gasteiger partial charge is 0.497 e. The lowest BCUT2D eigenvalue weighted by molar-refractivity contribution is -0.138. The van der Waals surface area contributed by atoms with Gasteiger partial charge < -0.3 is 9.47 Å². The van der Waals surface area contributed by atoms with Gasteiger partial charge in [-0.15, -0.1) is 0 Å². The summed E-state index contributed by atoms with van der Waals surface area (Å²) in [5.74, 6) is -0.0117. The van der Waals surface area contributed by atoms with Crippen LogP contribution in [-0.2, 0) is 27.7 Å². The van der Waals surface area contributed by atoms with Gasteiger partial charge in [0.25, 0.3) is 0 Å². The van der Waals surface area contributed by atoms with Crippen molar-refractivity contribution in [3.05, 3.63) is 53.6 Å². The second-order valence-corrected chi connectivity index (χ2v) is 8.40. The van der Waals surface area contributed by atoms with Crippen LogP contribution < -0.4 is 14.2 Å². The van der Waals surface area contributed by atoms with Gasteiger partial charge in [-0.1, -0.05) is 13.0 Å². The van der Waals surface area contributed by atoms with Crippen molar-refractivity contribution >= 4 is 16.0 Å². The maximum atomic E-state index is 12.3. The molecule has 27 heavy (non-hydrogen) atoms. The summed E-state index contributed by atoms with van der Waals surface area (Å²) in [6, 6.07) is 11.7. The molecular formula is C20H23NO5S. The topological polar surface area (TPSA) is 81.7 Å². The lowest BCUT2D eigenvalue weighted by atomic mass is 10.1. The average Bonchev–Trinajstić information content (AvgIpc) is 3.14. The first-order valence-electron chi connectivity index (χ1n) is 8.86. The van der Waals surface area contributed by atoms with Crippen molar-refractivity contribution in [1.82, 2.24) is 4.72 Å². The number of carbonyl (C=O) groups excluding carboxylic acids is 1. The van der Waals surface area contributed by atoms with Gasteiger partial charge in [-0.05, 0) is 66.8 Å². The SMILES string of the molecule is COc1ccc(S(=O)(=O)NCC(C)C(=O)Oc2ccc3c(c2)CCC3)cc1. The quantitative estimate of drug-likeness (QED) is 0.582. The fourth-order valence-corrected chi connectivity index (χ4v) is 4.12. The summed E-state index contributed by atoms with van der Waals surface area (Å²) in [5.41, 5.74) is 2.52. The summed E-state index contributed by atoms with van der Waals surface area (Å²) in [5, 5.41) is 0. The van der Waals surface area contributed by atoms with E-state index in [1.54, 1.807) is 25.1 Å². The van der Waals surface area contributed by atoms with Gasteiger partial charge in [0, 0.05) is 6.54 Å². The minimum atomic E-state index is -3.71. The van der Waals surface area contributed by atoms with E-state index in [4.69, 9.17) is 9.47 Å². The number of hydrogen-bond donors (Lipinski definition) is 1. The summed E-state index contributed by atoms with van der Waals surface area (Å²) in [7, 11) is -2.20. The molecule has 3 rings (SSSR count). The zero-order valence-electron chi connectivity index (χ0n) is 15.4. The predicted molar refractivity (Wildman–Crippen MR) is 101 cm³/mol. The molecule has 0 radical (unpaired) electrons. The Morgan fingerprint density at radius 3 is 2.44 bits per heavy atom. The van der Waals surface area contributed by atoms with E-state index in [9.17, 15) is 13.2 Å². The lowest BCUT2D eigenvalue weighted by Crippen LogP contribution is -2.33. The highest BCUT2D eigenvalue weighted by atomic mass is 32.2. The van der Waals surface area contributed by atoms with Crippen LogP contribution in [0, 0.1) is 5.92 Å². The fraction of sp³-hybridized carbons (Fsp3) is 0.350. The molecule has 2 aromatic rings. The Balaban J connectivity index is 1.57. The van der Waals surface area contributed by atoms with Gasteiger partial charge in [-0.25, -0.2) is 13.1 Å². The number of rotatable bonds is 7. The van der Waals surface area contributed by atoms with Gasteiger partial charge in [0.1, 0.15) is 11.5 Å². The highest BCUT2D eigenvalue weighted by Gasteiger charge is 2.21. The van der Waals surface area contributed by atoms with Crippen LogP contribution in [0.3, 0.4) is 0 Å². The summed E-state index contributed by atoms with van der Waals surface area (Å²) in [6.45, 7) is 1.59. The zero-order chi connectivity index (χ0) is 19.4. The number of benzene rings is 2. The third-order valence-corrected chi connectivity index (χ3v) is 6.08. The van der Waals surface area contributed by atoms with Crippen molar-refractivity contribution < 1.29 is 22.7 Å². The highest BCUT2D eigenvalue weighted by Crippen LogP contribution is 2.26. The normalized spacial score (nSPS) is 14.4. The zero-order valence-corrected chi connectivity index (χ0v) is 16.2. The first kappa shape index (κ1) is 19.4. The van der Waals surface area contributed by atoms with Crippen LogP contribution >= 0.6 is 0 Å². The molecular weight excluding hydrogens is 366 g/mol. The van der Waals surface area contributed by atoms with Crippen molar-refractivity contribution in [2.45, 2.75) is 31.1 Å². The molecule has 0 heterocycles. The van der Waals surface area contributed by atoms with Crippen LogP contribution in [0.2, 0.25) is 0 Å². The number of methoxy groups -OCH3 is 1. The Morgan fingerprint density at radius 2 is 1.74 bits per heavy atom.